The molecular weight excluding hydrogens is 453 g/mol. The second-order valence-electron chi connectivity index (χ2n) is 3.93. The van der Waals surface area contributed by atoms with Gasteiger partial charge in [-0.25, -0.2) is 0 Å². The molecule has 0 saturated heterocycles. The topological polar surface area (TPSA) is 13.1 Å². The molecule has 0 spiro atoms. The molecule has 0 N–H and O–H groups in total. The number of hydrogen-bond donors (Lipinski definition) is 0. The van der Waals surface area contributed by atoms with Crippen molar-refractivity contribution in [3.8, 4) is 0 Å². The van der Waals surface area contributed by atoms with E-state index in [0.29, 0.717) is 31.4 Å². The van der Waals surface area contributed by atoms with Crippen molar-refractivity contribution in [1.29, 1.82) is 0 Å². The molecule has 1 aromatic heterocycles. The zero-order valence-corrected chi connectivity index (χ0v) is 15.3. The highest BCUT2D eigenvalue weighted by Gasteiger charge is 2.23. The molecule has 0 aliphatic rings. The summed E-state index contributed by atoms with van der Waals surface area (Å²) >= 11 is 40.0. The molecule has 20 heavy (non-hydrogen) atoms. The predicted molar refractivity (Wildman–Crippen MR) is 91.5 cm³/mol. The van der Waals surface area contributed by atoms with Crippen molar-refractivity contribution in [2.75, 3.05) is 0 Å². The summed E-state index contributed by atoms with van der Waals surface area (Å²) in [6.07, 6.45) is 0. The van der Waals surface area contributed by atoms with Crippen LogP contribution in [0.25, 0.3) is 21.9 Å². The fraction of sp³-hybridized carbons (Fsp3) is 0. The van der Waals surface area contributed by atoms with Crippen LogP contribution in [0.5, 0.6) is 0 Å². The Labute approximate surface area is 151 Å². The number of furan rings is 1. The minimum absolute atomic E-state index is 0.131. The third-order valence-corrected chi connectivity index (χ3v) is 6.30. The zero-order valence-electron chi connectivity index (χ0n) is 9.13. The number of fused-ring (bicyclic) bond motifs is 3. The third-order valence-electron chi connectivity index (χ3n) is 2.81. The Morgan fingerprint density at radius 2 is 1.25 bits per heavy atom. The van der Waals surface area contributed by atoms with E-state index >= 15 is 0 Å². The van der Waals surface area contributed by atoms with Gasteiger partial charge in [-0.15, -0.1) is 0 Å². The summed E-state index contributed by atoms with van der Waals surface area (Å²) < 4.78 is 6.28. The van der Waals surface area contributed by atoms with E-state index in [4.69, 9.17) is 74.0 Å². The molecule has 0 unspecified atom stereocenters. The molecule has 2 aromatic carbocycles. The van der Waals surface area contributed by atoms with Crippen LogP contribution in [0.1, 0.15) is 0 Å². The SMILES string of the molecule is Clc1c(Br)cc2c(oc3c(Cl)c(Cl)c(Cl)c(Cl)c32)c1Cl. The molecule has 0 fully saturated rings. The van der Waals surface area contributed by atoms with E-state index in [1.165, 1.54) is 0 Å². The largest absolute Gasteiger partial charge is 0.453 e. The van der Waals surface area contributed by atoms with Crippen LogP contribution in [0.2, 0.25) is 30.1 Å². The first-order valence-electron chi connectivity index (χ1n) is 5.06. The van der Waals surface area contributed by atoms with Crippen LogP contribution in [0.3, 0.4) is 0 Å². The molecule has 1 nitrogen and oxygen atoms in total. The van der Waals surface area contributed by atoms with Crippen molar-refractivity contribution in [3.63, 3.8) is 0 Å². The normalized spacial score (nSPS) is 11.8. The van der Waals surface area contributed by atoms with Crippen molar-refractivity contribution in [1.82, 2.24) is 0 Å². The van der Waals surface area contributed by atoms with Gasteiger partial charge in [-0.05, 0) is 22.0 Å². The van der Waals surface area contributed by atoms with E-state index in [9.17, 15) is 0 Å². The van der Waals surface area contributed by atoms with Gasteiger partial charge in [-0.3, -0.25) is 0 Å². The number of halogens is 7. The summed E-state index contributed by atoms with van der Waals surface area (Å²) in [4.78, 5) is 0. The maximum absolute atomic E-state index is 6.24. The van der Waals surface area contributed by atoms with Crippen LogP contribution in [0, 0.1) is 0 Å². The lowest BCUT2D eigenvalue weighted by atomic mass is 10.1. The predicted octanol–water partition coefficient (Wildman–Crippen LogP) is 8.27. The van der Waals surface area contributed by atoms with Gasteiger partial charge in [0.05, 0.1) is 25.5 Å². The Morgan fingerprint density at radius 3 is 1.90 bits per heavy atom. The molecule has 0 saturated carbocycles. The molecule has 0 aliphatic carbocycles. The Morgan fingerprint density at radius 1 is 0.700 bits per heavy atom. The first-order chi connectivity index (χ1) is 9.34. The van der Waals surface area contributed by atoms with Gasteiger partial charge < -0.3 is 4.42 Å². The highest BCUT2D eigenvalue weighted by atomic mass is 79.9. The molecule has 0 radical (unpaired) electrons. The molecule has 8 heteroatoms. The monoisotopic (exact) mass is 450 g/mol. The van der Waals surface area contributed by atoms with Crippen LogP contribution in [-0.4, -0.2) is 0 Å². The first kappa shape index (κ1) is 15.4. The van der Waals surface area contributed by atoms with Crippen molar-refractivity contribution < 1.29 is 4.42 Å². The summed E-state index contributed by atoms with van der Waals surface area (Å²) in [6, 6.07) is 1.74. The minimum atomic E-state index is 0.131. The lowest BCUT2D eigenvalue weighted by Crippen LogP contribution is -1.78. The Bertz CT molecular complexity index is 885. The summed E-state index contributed by atoms with van der Waals surface area (Å²) in [6.45, 7) is 0. The van der Waals surface area contributed by atoms with Gasteiger partial charge in [0, 0.05) is 9.86 Å². The number of hydrogen-bond acceptors (Lipinski definition) is 1. The van der Waals surface area contributed by atoms with Gasteiger partial charge in [0.15, 0.2) is 11.2 Å². The molecular formula is C12HBrCl6O. The maximum atomic E-state index is 6.24. The molecule has 0 aliphatic heterocycles. The Balaban J connectivity index is 2.67. The molecule has 1 heterocycles. The van der Waals surface area contributed by atoms with Crippen LogP contribution in [-0.2, 0) is 0 Å². The van der Waals surface area contributed by atoms with Gasteiger partial charge in [-0.2, -0.15) is 0 Å². The average molecular weight is 454 g/mol. The highest BCUT2D eigenvalue weighted by molar-refractivity contribution is 9.10. The van der Waals surface area contributed by atoms with E-state index in [-0.39, 0.29) is 25.1 Å². The summed E-state index contributed by atoms with van der Waals surface area (Å²) in [7, 11) is 0. The fourth-order valence-electron chi connectivity index (χ4n) is 1.91. The summed E-state index contributed by atoms with van der Waals surface area (Å²) in [5.74, 6) is 0. The standard InChI is InChI=1S/C12HBrCl6O/c13-3-1-2-4-6(15)7(16)8(17)10(19)12(4)20-11(2)9(18)5(3)14/h1H. The molecule has 104 valence electrons. The first-order valence-corrected chi connectivity index (χ1v) is 8.12. The van der Waals surface area contributed by atoms with Gasteiger partial charge in [0.25, 0.3) is 0 Å². The van der Waals surface area contributed by atoms with E-state index in [2.05, 4.69) is 15.9 Å². The third kappa shape index (κ3) is 2.04. The lowest BCUT2D eigenvalue weighted by Gasteiger charge is -2.03. The second kappa shape index (κ2) is 5.27. The molecule has 0 amide bonds. The second-order valence-corrected chi connectivity index (χ2v) is 7.05. The van der Waals surface area contributed by atoms with Crippen LogP contribution in [0.15, 0.2) is 15.0 Å². The fourth-order valence-corrected chi connectivity index (χ4v) is 3.81. The van der Waals surface area contributed by atoms with Crippen LogP contribution >= 0.6 is 85.5 Å². The van der Waals surface area contributed by atoms with Crippen molar-refractivity contribution in [2.24, 2.45) is 0 Å². The molecule has 0 atom stereocenters. The highest BCUT2D eigenvalue weighted by Crippen LogP contribution is 2.49. The number of benzene rings is 2. The van der Waals surface area contributed by atoms with E-state index in [1.54, 1.807) is 6.07 Å². The Kier molecular flexibility index (Phi) is 4.05. The number of rotatable bonds is 0. The minimum Gasteiger partial charge on any atom is -0.453 e. The zero-order chi connectivity index (χ0) is 14.8. The quantitative estimate of drug-likeness (QED) is 0.246. The van der Waals surface area contributed by atoms with Gasteiger partial charge in [0.1, 0.15) is 10.0 Å². The van der Waals surface area contributed by atoms with Crippen LogP contribution < -0.4 is 0 Å². The van der Waals surface area contributed by atoms with Gasteiger partial charge >= 0.3 is 0 Å². The van der Waals surface area contributed by atoms with Crippen molar-refractivity contribution >= 4 is 107 Å². The van der Waals surface area contributed by atoms with Crippen molar-refractivity contribution in [3.05, 3.63) is 40.7 Å². The van der Waals surface area contributed by atoms with Crippen molar-refractivity contribution in [2.45, 2.75) is 0 Å². The summed E-state index contributed by atoms with van der Waals surface area (Å²) in [5.41, 5.74) is 0.689. The summed E-state index contributed by atoms with van der Waals surface area (Å²) in [5, 5.41) is 2.50. The van der Waals surface area contributed by atoms with Crippen LogP contribution in [0.4, 0.5) is 0 Å². The molecule has 0 bridgehead atoms. The Hall–Kier alpha value is 0.460. The van der Waals surface area contributed by atoms with Gasteiger partial charge in [0.2, 0.25) is 0 Å². The van der Waals surface area contributed by atoms with Gasteiger partial charge in [-0.1, -0.05) is 69.6 Å². The lowest BCUT2D eigenvalue weighted by molar-refractivity contribution is 0.669. The van der Waals surface area contributed by atoms with E-state index in [0.717, 1.165) is 0 Å². The average Bonchev–Trinajstić information content (AvgIpc) is 2.80. The smallest absolute Gasteiger partial charge is 0.157 e. The maximum Gasteiger partial charge on any atom is 0.157 e. The van der Waals surface area contributed by atoms with E-state index in [1.807, 2.05) is 0 Å². The van der Waals surface area contributed by atoms with E-state index < -0.39 is 0 Å². The molecule has 3 rings (SSSR count). The molecule has 3 aromatic rings.